The van der Waals surface area contributed by atoms with Gasteiger partial charge in [0, 0.05) is 17.8 Å². The number of nitrogens with one attached hydrogen (secondary N) is 2. The van der Waals surface area contributed by atoms with Crippen molar-refractivity contribution in [3.63, 3.8) is 0 Å². The molecule has 3 fully saturated rings. The Labute approximate surface area is 256 Å². The molecule has 2 amide bonds. The van der Waals surface area contributed by atoms with Crippen LogP contribution >= 0.6 is 0 Å². The van der Waals surface area contributed by atoms with Gasteiger partial charge >= 0.3 is 11.5 Å². The number of anilines is 1. The van der Waals surface area contributed by atoms with Crippen LogP contribution < -0.4 is 20.1 Å². The molecule has 15 heteroatoms. The Morgan fingerprint density at radius 3 is 2.18 bits per heavy atom. The monoisotopic (exact) mass is 656 g/mol. The van der Waals surface area contributed by atoms with Gasteiger partial charge in [0.2, 0.25) is 5.91 Å². The Morgan fingerprint density at radius 2 is 1.58 bits per heavy atom. The van der Waals surface area contributed by atoms with Crippen molar-refractivity contribution in [3.05, 3.63) is 47.8 Å². The Morgan fingerprint density at radius 1 is 0.933 bits per heavy atom. The van der Waals surface area contributed by atoms with Gasteiger partial charge in [-0.25, -0.2) is 12.8 Å². The third-order valence-corrected chi connectivity index (χ3v) is 10.6. The van der Waals surface area contributed by atoms with Crippen LogP contribution in [0.5, 0.6) is 11.5 Å². The van der Waals surface area contributed by atoms with Crippen LogP contribution in [0.1, 0.15) is 55.3 Å². The van der Waals surface area contributed by atoms with Crippen LogP contribution in [0.2, 0.25) is 0 Å². The molecule has 4 atom stereocenters. The third kappa shape index (κ3) is 6.58. The number of carboxylic acid groups (broad SMARTS) is 1. The molecule has 3 aliphatic rings. The summed E-state index contributed by atoms with van der Waals surface area (Å²) in [6.07, 6.45) is 3.32. The zero-order chi connectivity index (χ0) is 32.7. The second-order valence-corrected chi connectivity index (χ2v) is 13.7. The number of hydrogen-bond donors (Lipinski definition) is 3. The van der Waals surface area contributed by atoms with Gasteiger partial charge in [-0.05, 0) is 87.1 Å². The summed E-state index contributed by atoms with van der Waals surface area (Å²) >= 11 is 0. The summed E-state index contributed by atoms with van der Waals surface area (Å²) in [6, 6.07) is 5.30. The summed E-state index contributed by atoms with van der Waals surface area (Å²) in [4.78, 5) is 37.2. The van der Waals surface area contributed by atoms with Crippen molar-refractivity contribution >= 4 is 33.3 Å². The largest absolute Gasteiger partial charge is 0.501 e. The van der Waals surface area contributed by atoms with E-state index < -0.39 is 67.8 Å². The van der Waals surface area contributed by atoms with Crippen molar-refractivity contribution in [1.82, 2.24) is 5.32 Å². The van der Waals surface area contributed by atoms with Crippen molar-refractivity contribution in [2.24, 2.45) is 23.7 Å². The first kappa shape index (κ1) is 32.5. The number of fused-ring (bicyclic) bond motifs is 2. The van der Waals surface area contributed by atoms with Crippen LogP contribution in [0.4, 0.5) is 23.2 Å². The molecule has 0 aromatic heterocycles. The summed E-state index contributed by atoms with van der Waals surface area (Å²) in [5.74, 6) is -4.24. The topological polar surface area (TPSA) is 148 Å². The van der Waals surface area contributed by atoms with E-state index in [1.807, 2.05) is 0 Å². The highest BCUT2D eigenvalue weighted by molar-refractivity contribution is 7.92. The van der Waals surface area contributed by atoms with E-state index in [2.05, 4.69) is 10.6 Å². The molecule has 10 nitrogen and oxygen atoms in total. The molecule has 45 heavy (non-hydrogen) atoms. The fraction of sp³-hybridized carbons (Fsp3) is 0.500. The molecule has 244 valence electrons. The highest BCUT2D eigenvalue weighted by Crippen LogP contribution is 2.49. The zero-order valence-electron chi connectivity index (χ0n) is 24.1. The zero-order valence-corrected chi connectivity index (χ0v) is 24.9. The van der Waals surface area contributed by atoms with E-state index in [1.54, 1.807) is 0 Å². The van der Waals surface area contributed by atoms with Crippen LogP contribution in [0.25, 0.3) is 0 Å². The lowest BCUT2D eigenvalue weighted by Crippen LogP contribution is -2.48. The molecule has 4 unspecified atom stereocenters. The van der Waals surface area contributed by atoms with E-state index in [9.17, 15) is 45.5 Å². The van der Waals surface area contributed by atoms with Crippen molar-refractivity contribution < 1.29 is 54.9 Å². The lowest BCUT2D eigenvalue weighted by Gasteiger charge is -2.31. The lowest BCUT2D eigenvalue weighted by atomic mass is 9.83. The minimum absolute atomic E-state index is 0.0171. The van der Waals surface area contributed by atoms with Gasteiger partial charge in [-0.15, -0.1) is 0 Å². The van der Waals surface area contributed by atoms with E-state index in [1.165, 1.54) is 13.2 Å². The van der Waals surface area contributed by atoms with Crippen molar-refractivity contribution in [2.75, 3.05) is 12.4 Å². The minimum atomic E-state index is -5.54. The predicted octanol–water partition coefficient (Wildman–Crippen LogP) is 4.93. The number of rotatable bonds is 9. The fourth-order valence-electron chi connectivity index (χ4n) is 6.76. The number of amides is 2. The van der Waals surface area contributed by atoms with Gasteiger partial charge in [-0.3, -0.25) is 14.4 Å². The first-order chi connectivity index (χ1) is 21.2. The quantitative estimate of drug-likeness (QED) is 0.322. The first-order valence-electron chi connectivity index (χ1n) is 14.5. The molecule has 2 aromatic rings. The summed E-state index contributed by atoms with van der Waals surface area (Å²) in [7, 11) is -4.27. The highest BCUT2D eigenvalue weighted by atomic mass is 32.2. The number of ether oxygens (including phenoxy) is 2. The molecule has 0 heterocycles. The fourth-order valence-corrected chi connectivity index (χ4v) is 7.52. The van der Waals surface area contributed by atoms with Gasteiger partial charge in [0.15, 0.2) is 11.6 Å². The number of benzene rings is 2. The first-order valence-corrected chi connectivity index (χ1v) is 16.0. The van der Waals surface area contributed by atoms with Gasteiger partial charge in [-0.2, -0.15) is 13.2 Å². The van der Waals surface area contributed by atoms with Gasteiger partial charge in [-0.1, -0.05) is 0 Å². The molecule has 3 N–H and O–H groups in total. The van der Waals surface area contributed by atoms with E-state index in [0.29, 0.717) is 32.1 Å². The van der Waals surface area contributed by atoms with Gasteiger partial charge < -0.3 is 25.2 Å². The number of hydrogen-bond acceptors (Lipinski definition) is 7. The van der Waals surface area contributed by atoms with Crippen molar-refractivity contribution in [3.8, 4) is 11.5 Å². The maximum Gasteiger partial charge on any atom is 0.501 e. The lowest BCUT2D eigenvalue weighted by molar-refractivity contribution is -0.143. The standard InChI is InChI=1S/C30H32F4N2O8S/c1-43-23-14-22(31)24(44-19-8-4-15(5-9-19)29(39)40)13-21(23)27(37)36-26-17-3-2-16(12-17)25(26)28(38)35-18-6-10-20(11-7-18)45(41,42)30(32,33)34/h6-7,10-11,13-17,19,25-26H,2-5,8-9,12H2,1H3,(H,35,38)(H,36,37)(H,39,40). The molecule has 0 saturated heterocycles. The van der Waals surface area contributed by atoms with Gasteiger partial charge in [0.05, 0.1) is 35.5 Å². The average Bonchev–Trinajstić information content (AvgIpc) is 3.60. The number of sulfone groups is 1. The summed E-state index contributed by atoms with van der Waals surface area (Å²) in [5.41, 5.74) is -5.39. The molecule has 5 rings (SSSR count). The molecule has 2 aromatic carbocycles. The molecule has 0 radical (unpaired) electrons. The van der Waals surface area contributed by atoms with Crippen LogP contribution in [0.15, 0.2) is 41.3 Å². The Balaban J connectivity index is 1.30. The SMILES string of the molecule is COc1cc(F)c(OC2CCC(C(=O)O)CC2)cc1C(=O)NC1C2CCC(C2)C1C(=O)Nc1ccc(S(=O)(=O)C(F)(F)F)cc1. The van der Waals surface area contributed by atoms with E-state index in [0.717, 1.165) is 43.2 Å². The number of alkyl halides is 3. The molecule has 0 spiro atoms. The third-order valence-electron chi connectivity index (χ3n) is 9.07. The molecule has 0 aliphatic heterocycles. The number of carbonyl (C=O) groups excluding carboxylic acids is 2. The molecule has 2 bridgehead atoms. The second kappa shape index (κ2) is 12.5. The van der Waals surface area contributed by atoms with Crippen molar-refractivity contribution in [1.29, 1.82) is 0 Å². The van der Waals surface area contributed by atoms with Crippen molar-refractivity contribution in [2.45, 2.75) is 67.5 Å². The maximum absolute atomic E-state index is 14.9. The molecule has 3 aliphatic carbocycles. The number of carbonyl (C=O) groups is 3. The molecule has 3 saturated carbocycles. The van der Waals surface area contributed by atoms with Gasteiger partial charge in [0.1, 0.15) is 5.75 Å². The van der Waals surface area contributed by atoms with E-state index in [4.69, 9.17) is 9.47 Å². The Bertz CT molecular complexity index is 1570. The highest BCUT2D eigenvalue weighted by Gasteiger charge is 2.52. The summed E-state index contributed by atoms with van der Waals surface area (Å²) in [5, 5.41) is 14.8. The summed E-state index contributed by atoms with van der Waals surface area (Å²) < 4.78 is 87.9. The van der Waals surface area contributed by atoms with Crippen LogP contribution in [-0.4, -0.2) is 56.1 Å². The van der Waals surface area contributed by atoms with Gasteiger partial charge in [0.25, 0.3) is 15.7 Å². The Hall–Kier alpha value is -3.88. The number of halogens is 4. The predicted molar refractivity (Wildman–Crippen MR) is 151 cm³/mol. The van der Waals surface area contributed by atoms with E-state index >= 15 is 0 Å². The smallest absolute Gasteiger partial charge is 0.496 e. The molecular weight excluding hydrogens is 624 g/mol. The minimum Gasteiger partial charge on any atom is -0.496 e. The van der Waals surface area contributed by atoms with Crippen LogP contribution in [-0.2, 0) is 19.4 Å². The molecular formula is C30H32F4N2O8S. The average molecular weight is 657 g/mol. The summed E-state index contributed by atoms with van der Waals surface area (Å²) in [6.45, 7) is 0. The number of carboxylic acids is 1. The number of aliphatic carboxylic acids is 1. The van der Waals surface area contributed by atoms with Crippen LogP contribution in [0, 0.1) is 29.5 Å². The number of methoxy groups -OCH3 is 1. The Kier molecular flexibility index (Phi) is 9.02. The normalized spacial score (nSPS) is 26.2. The second-order valence-electron chi connectivity index (χ2n) is 11.7. The maximum atomic E-state index is 14.9. The van der Waals surface area contributed by atoms with E-state index in [-0.39, 0.29) is 34.6 Å². The van der Waals surface area contributed by atoms with Crippen LogP contribution in [0.3, 0.4) is 0 Å².